The van der Waals surface area contributed by atoms with E-state index in [-0.39, 0.29) is 4.05 Å². The molecule has 12 heavy (non-hydrogen) atoms. The summed E-state index contributed by atoms with van der Waals surface area (Å²) in [5.74, 6) is 1.14. The van der Waals surface area contributed by atoms with Crippen LogP contribution in [0.25, 0.3) is 0 Å². The van der Waals surface area contributed by atoms with Crippen LogP contribution < -0.4 is 0 Å². The number of likely N-dealkylation sites (tertiary alicyclic amines) is 1. The van der Waals surface area contributed by atoms with Crippen LogP contribution in [0.1, 0.15) is 12.8 Å². The van der Waals surface area contributed by atoms with Gasteiger partial charge in [-0.2, -0.15) is 0 Å². The minimum Gasteiger partial charge on any atom is -0.465 e. The fourth-order valence-corrected chi connectivity index (χ4v) is 2.85. The first kappa shape index (κ1) is 10.4. The van der Waals surface area contributed by atoms with Crippen molar-refractivity contribution in [1.29, 1.82) is 0 Å². The third kappa shape index (κ3) is 2.39. The Balaban J connectivity index is 2.47. The monoisotopic (exact) mass is 303 g/mol. The van der Waals surface area contributed by atoms with E-state index >= 15 is 0 Å². The fourth-order valence-electron chi connectivity index (χ4n) is 1.34. The van der Waals surface area contributed by atoms with E-state index < -0.39 is 6.09 Å². The molecule has 1 amide bonds. The summed E-state index contributed by atoms with van der Waals surface area (Å²) in [6, 6.07) is 0. The largest absolute Gasteiger partial charge is 0.465 e. The second-order valence-electron chi connectivity index (χ2n) is 2.96. The quantitative estimate of drug-likeness (QED) is 0.459. The number of carboxylic acid groups (broad SMARTS) is 1. The van der Waals surface area contributed by atoms with E-state index in [1.54, 1.807) is 0 Å². The molecule has 0 aromatic carbocycles. The number of piperidine rings is 1. The van der Waals surface area contributed by atoms with Gasteiger partial charge in [0, 0.05) is 12.4 Å². The smallest absolute Gasteiger partial charge is 0.408 e. The molecule has 0 radical (unpaired) electrons. The zero-order chi connectivity index (χ0) is 9.14. The molecule has 70 valence electrons. The summed E-state index contributed by atoms with van der Waals surface area (Å²) in [5.41, 5.74) is 0. The van der Waals surface area contributed by atoms with Gasteiger partial charge >= 0.3 is 6.09 Å². The van der Waals surface area contributed by atoms with Crippen LogP contribution >= 0.6 is 34.2 Å². The van der Waals surface area contributed by atoms with Crippen LogP contribution in [0.4, 0.5) is 4.79 Å². The van der Waals surface area contributed by atoms with Crippen LogP contribution in [-0.2, 0) is 0 Å². The highest BCUT2D eigenvalue weighted by atomic mass is 127. The normalized spacial score (nSPS) is 30.3. The average molecular weight is 304 g/mol. The summed E-state index contributed by atoms with van der Waals surface area (Å²) in [6.45, 7) is 0.625. The van der Waals surface area contributed by atoms with Crippen molar-refractivity contribution in [1.82, 2.24) is 4.90 Å². The highest BCUT2D eigenvalue weighted by Crippen LogP contribution is 2.27. The third-order valence-corrected chi connectivity index (χ3v) is 3.73. The predicted octanol–water partition coefficient (Wildman–Crippen LogP) is 2.38. The molecule has 0 saturated carbocycles. The van der Waals surface area contributed by atoms with Gasteiger partial charge in [0.05, 0.1) is 4.05 Å². The van der Waals surface area contributed by atoms with E-state index in [0.717, 1.165) is 12.8 Å². The van der Waals surface area contributed by atoms with E-state index in [1.807, 2.05) is 0 Å². The summed E-state index contributed by atoms with van der Waals surface area (Å²) in [7, 11) is 0. The van der Waals surface area contributed by atoms with E-state index in [2.05, 4.69) is 22.6 Å². The molecule has 0 aromatic heterocycles. The van der Waals surface area contributed by atoms with E-state index in [1.165, 1.54) is 4.90 Å². The molecular formula is C7H11ClINO2. The number of rotatable bonds is 1. The lowest BCUT2D eigenvalue weighted by Crippen LogP contribution is -2.42. The Kier molecular flexibility index (Phi) is 3.89. The van der Waals surface area contributed by atoms with Gasteiger partial charge in [-0.05, 0) is 18.8 Å². The zero-order valence-electron chi connectivity index (χ0n) is 6.54. The number of carbonyl (C=O) groups is 1. The van der Waals surface area contributed by atoms with Crippen molar-refractivity contribution < 1.29 is 9.90 Å². The lowest BCUT2D eigenvalue weighted by Gasteiger charge is -2.33. The van der Waals surface area contributed by atoms with E-state index in [0.29, 0.717) is 18.3 Å². The Labute approximate surface area is 90.2 Å². The molecule has 0 aromatic rings. The maximum atomic E-state index is 10.6. The van der Waals surface area contributed by atoms with Crippen molar-refractivity contribution in [2.75, 3.05) is 12.4 Å². The Bertz CT molecular complexity index is 179. The molecular weight excluding hydrogens is 292 g/mol. The van der Waals surface area contributed by atoms with Crippen molar-refractivity contribution in [3.63, 3.8) is 0 Å². The molecule has 2 atom stereocenters. The number of alkyl halides is 2. The molecule has 0 spiro atoms. The summed E-state index contributed by atoms with van der Waals surface area (Å²) < 4.78 is 0.0950. The second kappa shape index (κ2) is 4.50. The summed E-state index contributed by atoms with van der Waals surface area (Å²) in [5, 5.41) is 8.76. The molecule has 3 nitrogen and oxygen atoms in total. The van der Waals surface area contributed by atoms with Gasteiger partial charge in [-0.15, -0.1) is 11.6 Å². The topological polar surface area (TPSA) is 40.5 Å². The molecule has 1 heterocycles. The minimum absolute atomic E-state index is 0.0950. The van der Waals surface area contributed by atoms with Crippen molar-refractivity contribution in [2.45, 2.75) is 16.9 Å². The van der Waals surface area contributed by atoms with Crippen LogP contribution in [0, 0.1) is 5.92 Å². The number of amides is 1. The lowest BCUT2D eigenvalue weighted by atomic mass is 9.99. The van der Waals surface area contributed by atoms with Crippen molar-refractivity contribution in [2.24, 2.45) is 5.92 Å². The van der Waals surface area contributed by atoms with Crippen molar-refractivity contribution in [3.05, 3.63) is 0 Å². The molecule has 1 saturated heterocycles. The highest BCUT2D eigenvalue weighted by molar-refractivity contribution is 14.1. The molecule has 1 N–H and O–H groups in total. The van der Waals surface area contributed by atoms with E-state index in [9.17, 15) is 4.79 Å². The SMILES string of the molecule is O=C(O)N1CCC(CCl)CC1I. The number of hydrogen-bond donors (Lipinski definition) is 1. The molecule has 1 fully saturated rings. The van der Waals surface area contributed by atoms with Crippen LogP contribution in [0.2, 0.25) is 0 Å². The number of halogens is 2. The van der Waals surface area contributed by atoms with Gasteiger partial charge in [-0.3, -0.25) is 4.90 Å². The first-order valence-corrected chi connectivity index (χ1v) is 5.62. The van der Waals surface area contributed by atoms with Gasteiger partial charge in [0.15, 0.2) is 0 Å². The van der Waals surface area contributed by atoms with Gasteiger partial charge in [0.25, 0.3) is 0 Å². The summed E-state index contributed by atoms with van der Waals surface area (Å²) >= 11 is 7.86. The standard InChI is InChI=1S/C7H11ClINO2/c8-4-5-1-2-10(7(11)12)6(9)3-5/h5-6H,1-4H2,(H,11,12). The molecule has 5 heteroatoms. The Morgan fingerprint density at radius 3 is 2.83 bits per heavy atom. The van der Waals surface area contributed by atoms with Gasteiger partial charge in [0.2, 0.25) is 0 Å². The highest BCUT2D eigenvalue weighted by Gasteiger charge is 2.28. The first-order chi connectivity index (χ1) is 5.65. The molecule has 1 rings (SSSR count). The predicted molar refractivity (Wildman–Crippen MR) is 56.0 cm³/mol. The number of hydrogen-bond acceptors (Lipinski definition) is 1. The van der Waals surface area contributed by atoms with Gasteiger partial charge < -0.3 is 5.11 Å². The lowest BCUT2D eigenvalue weighted by molar-refractivity contribution is 0.123. The maximum Gasteiger partial charge on any atom is 0.408 e. The molecule has 1 aliphatic heterocycles. The molecule has 0 aliphatic carbocycles. The van der Waals surface area contributed by atoms with Crippen molar-refractivity contribution in [3.8, 4) is 0 Å². The first-order valence-electron chi connectivity index (χ1n) is 3.84. The van der Waals surface area contributed by atoms with Gasteiger partial charge in [-0.25, -0.2) is 4.79 Å². The zero-order valence-corrected chi connectivity index (χ0v) is 9.46. The fraction of sp³-hybridized carbons (Fsp3) is 0.857. The van der Waals surface area contributed by atoms with Gasteiger partial charge in [0.1, 0.15) is 0 Å². The second-order valence-corrected chi connectivity index (χ2v) is 4.70. The average Bonchev–Trinajstić information content (AvgIpc) is 2.03. The van der Waals surface area contributed by atoms with Crippen molar-refractivity contribution >= 4 is 40.3 Å². The Morgan fingerprint density at radius 1 is 1.75 bits per heavy atom. The molecule has 2 unspecified atom stereocenters. The van der Waals surface area contributed by atoms with E-state index in [4.69, 9.17) is 16.7 Å². The summed E-state index contributed by atoms with van der Waals surface area (Å²) in [4.78, 5) is 12.1. The Hall–Kier alpha value is 0.290. The van der Waals surface area contributed by atoms with Crippen LogP contribution in [0.15, 0.2) is 0 Å². The summed E-state index contributed by atoms with van der Waals surface area (Å²) in [6.07, 6.45) is 0.966. The minimum atomic E-state index is -0.817. The molecule has 0 bridgehead atoms. The van der Waals surface area contributed by atoms with Crippen LogP contribution in [0.3, 0.4) is 0 Å². The third-order valence-electron chi connectivity index (χ3n) is 2.11. The van der Waals surface area contributed by atoms with Crippen LogP contribution in [-0.4, -0.2) is 32.6 Å². The van der Waals surface area contributed by atoms with Gasteiger partial charge in [-0.1, -0.05) is 22.6 Å². The van der Waals surface area contributed by atoms with Crippen LogP contribution in [0.5, 0.6) is 0 Å². The number of nitrogens with zero attached hydrogens (tertiary/aromatic N) is 1. The molecule has 1 aliphatic rings. The Morgan fingerprint density at radius 2 is 2.42 bits per heavy atom. The maximum absolute atomic E-state index is 10.6.